The number of hydrogen-bond acceptors (Lipinski definition) is 7. The molecule has 0 bridgehead atoms. The highest BCUT2D eigenvalue weighted by molar-refractivity contribution is 7.92. The Kier molecular flexibility index (Phi) is 5.82. The number of aromatic hydroxyl groups is 1. The number of urea groups is 1. The van der Waals surface area contributed by atoms with Crippen molar-refractivity contribution in [2.75, 3.05) is 5.32 Å². The summed E-state index contributed by atoms with van der Waals surface area (Å²) in [4.78, 5) is 28.6. The summed E-state index contributed by atoms with van der Waals surface area (Å²) in [7, 11) is -4.08. The number of nitrogens with zero attached hydrogens (tertiary/aromatic N) is 2. The number of rotatable bonds is 4. The molecule has 0 radical (unpaired) electrons. The first kappa shape index (κ1) is 22.1. The van der Waals surface area contributed by atoms with Gasteiger partial charge in [0.2, 0.25) is 5.88 Å². The highest BCUT2D eigenvalue weighted by Gasteiger charge is 2.20. The average molecular weight is 511 g/mol. The van der Waals surface area contributed by atoms with Crippen molar-refractivity contribution in [2.24, 2.45) is 0 Å². The van der Waals surface area contributed by atoms with E-state index in [0.29, 0.717) is 15.8 Å². The van der Waals surface area contributed by atoms with Crippen LogP contribution in [-0.2, 0) is 10.0 Å². The van der Waals surface area contributed by atoms with E-state index in [4.69, 9.17) is 23.2 Å². The van der Waals surface area contributed by atoms with Gasteiger partial charge in [0.1, 0.15) is 10.0 Å². The van der Waals surface area contributed by atoms with E-state index >= 15 is 0 Å². The van der Waals surface area contributed by atoms with Crippen LogP contribution in [0.3, 0.4) is 0 Å². The van der Waals surface area contributed by atoms with Crippen LogP contribution in [0, 0.1) is 0 Å². The molecule has 9 nitrogen and oxygen atoms in total. The van der Waals surface area contributed by atoms with Crippen LogP contribution in [0.25, 0.3) is 16.6 Å². The molecule has 0 unspecified atom stereocenters. The number of benzene rings is 1. The summed E-state index contributed by atoms with van der Waals surface area (Å²) in [6, 6.07) is 10.5. The molecule has 0 spiro atoms. The highest BCUT2D eigenvalue weighted by atomic mass is 35.5. The number of sulfonamides is 1. The van der Waals surface area contributed by atoms with Crippen LogP contribution in [0.15, 0.2) is 63.7 Å². The van der Waals surface area contributed by atoms with Crippen molar-refractivity contribution in [2.45, 2.75) is 4.21 Å². The van der Waals surface area contributed by atoms with Gasteiger partial charge in [0.15, 0.2) is 0 Å². The van der Waals surface area contributed by atoms with Gasteiger partial charge >= 0.3 is 6.03 Å². The lowest BCUT2D eigenvalue weighted by atomic mass is 10.1. The lowest BCUT2D eigenvalue weighted by molar-refractivity contribution is 0.256. The number of carbonyl (C=O) groups excluding carboxylic acids is 1. The average Bonchev–Trinajstić information content (AvgIpc) is 3.16. The Balaban J connectivity index is 1.55. The van der Waals surface area contributed by atoms with Crippen molar-refractivity contribution >= 4 is 67.1 Å². The Hall–Kier alpha value is -3.12. The summed E-state index contributed by atoms with van der Waals surface area (Å²) < 4.78 is 27.4. The van der Waals surface area contributed by atoms with Crippen molar-refractivity contribution in [3.8, 4) is 11.7 Å². The Morgan fingerprint density at radius 3 is 2.53 bits per heavy atom. The van der Waals surface area contributed by atoms with Gasteiger partial charge in [-0.15, -0.1) is 11.3 Å². The standard InChI is InChI=1S/C19H12Cl2N4O5S2/c20-11-1-3-13-10(7-11)8-16(26)25(18(13)27)15-5-2-12(9-22-15)23-19(28)24-32(29,30)17-6-4-14(21)31-17/h1-9,27H,(H2,23,24,28). The van der Waals surface area contributed by atoms with Crippen molar-refractivity contribution in [1.82, 2.24) is 14.3 Å². The number of fused-ring (bicyclic) bond motifs is 1. The summed E-state index contributed by atoms with van der Waals surface area (Å²) in [5.41, 5.74) is -0.380. The van der Waals surface area contributed by atoms with Gasteiger partial charge in [-0.05, 0) is 47.9 Å². The summed E-state index contributed by atoms with van der Waals surface area (Å²) in [5.74, 6) is -0.230. The third kappa shape index (κ3) is 4.41. The SMILES string of the molecule is O=C(Nc1ccc(-n2c(O)c3ccc(Cl)cc3cc2=O)nc1)NS(=O)(=O)c1ccc(Cl)s1. The van der Waals surface area contributed by atoms with Gasteiger partial charge in [-0.3, -0.25) is 4.79 Å². The molecule has 0 saturated heterocycles. The fourth-order valence-corrected chi connectivity index (χ4v) is 5.43. The zero-order chi connectivity index (χ0) is 23.0. The van der Waals surface area contributed by atoms with Crippen LogP contribution in [0.1, 0.15) is 0 Å². The second kappa shape index (κ2) is 8.43. The molecular weight excluding hydrogens is 499 g/mol. The van der Waals surface area contributed by atoms with E-state index in [2.05, 4.69) is 10.3 Å². The van der Waals surface area contributed by atoms with Crippen LogP contribution >= 0.6 is 34.5 Å². The molecule has 13 heteroatoms. The number of carbonyl (C=O) groups is 1. The second-order valence-corrected chi connectivity index (χ2v) is 10.5. The lowest BCUT2D eigenvalue weighted by Crippen LogP contribution is -2.34. The van der Waals surface area contributed by atoms with E-state index in [0.717, 1.165) is 15.9 Å². The molecule has 0 aliphatic heterocycles. The van der Waals surface area contributed by atoms with Crippen LogP contribution in [0.5, 0.6) is 5.88 Å². The molecule has 0 aliphatic carbocycles. The minimum atomic E-state index is -4.08. The second-order valence-electron chi connectivity index (χ2n) is 6.40. The fourth-order valence-electron chi connectivity index (χ4n) is 2.86. The monoisotopic (exact) mass is 510 g/mol. The van der Waals surface area contributed by atoms with Gasteiger partial charge in [-0.1, -0.05) is 23.2 Å². The van der Waals surface area contributed by atoms with Crippen molar-refractivity contribution < 1.29 is 18.3 Å². The summed E-state index contributed by atoms with van der Waals surface area (Å²) in [5, 5.41) is 14.2. The van der Waals surface area contributed by atoms with Crippen molar-refractivity contribution in [3.05, 3.63) is 74.4 Å². The normalized spacial score (nSPS) is 11.4. The van der Waals surface area contributed by atoms with E-state index < -0.39 is 21.6 Å². The molecule has 1 aromatic carbocycles. The van der Waals surface area contributed by atoms with Gasteiger partial charge in [0, 0.05) is 16.5 Å². The number of nitrogens with one attached hydrogen (secondary N) is 2. The number of thiophene rings is 1. The van der Waals surface area contributed by atoms with Crippen molar-refractivity contribution in [3.63, 3.8) is 0 Å². The van der Waals surface area contributed by atoms with E-state index in [9.17, 15) is 23.1 Å². The quantitative estimate of drug-likeness (QED) is 0.380. The molecule has 32 heavy (non-hydrogen) atoms. The molecule has 3 heterocycles. The maximum Gasteiger partial charge on any atom is 0.333 e. The Bertz CT molecular complexity index is 1520. The summed E-state index contributed by atoms with van der Waals surface area (Å²) in [6.07, 6.45) is 1.21. The molecule has 164 valence electrons. The summed E-state index contributed by atoms with van der Waals surface area (Å²) >= 11 is 12.5. The molecule has 4 rings (SSSR count). The molecule has 0 aliphatic rings. The van der Waals surface area contributed by atoms with Gasteiger partial charge in [-0.25, -0.2) is 27.5 Å². The molecule has 3 N–H and O–H groups in total. The first-order chi connectivity index (χ1) is 15.1. The molecule has 3 aromatic heterocycles. The van der Waals surface area contributed by atoms with Gasteiger partial charge in [-0.2, -0.15) is 0 Å². The van der Waals surface area contributed by atoms with E-state index in [1.807, 2.05) is 4.72 Å². The third-order valence-corrected chi connectivity index (χ3v) is 7.53. The number of aromatic nitrogens is 2. The van der Waals surface area contributed by atoms with E-state index in [1.54, 1.807) is 18.2 Å². The third-order valence-electron chi connectivity index (χ3n) is 4.24. The predicted octanol–water partition coefficient (Wildman–Crippen LogP) is 3.97. The van der Waals surface area contributed by atoms with Crippen LogP contribution < -0.4 is 15.6 Å². The molecule has 2 amide bonds. The topological polar surface area (TPSA) is 130 Å². The highest BCUT2D eigenvalue weighted by Crippen LogP contribution is 2.27. The van der Waals surface area contributed by atoms with E-state index in [1.165, 1.54) is 36.5 Å². The first-order valence-corrected chi connectivity index (χ1v) is 11.8. The summed E-state index contributed by atoms with van der Waals surface area (Å²) in [6.45, 7) is 0. The Morgan fingerprint density at radius 2 is 1.88 bits per heavy atom. The van der Waals surface area contributed by atoms with Gasteiger partial charge in [0.25, 0.3) is 15.6 Å². The maximum atomic E-state index is 12.5. The minimum absolute atomic E-state index is 0.0937. The molecular formula is C19H12Cl2N4O5S2. The molecule has 4 aromatic rings. The largest absolute Gasteiger partial charge is 0.494 e. The number of anilines is 1. The zero-order valence-corrected chi connectivity index (χ0v) is 18.9. The minimum Gasteiger partial charge on any atom is -0.494 e. The number of hydrogen-bond donors (Lipinski definition) is 3. The van der Waals surface area contributed by atoms with Gasteiger partial charge in [0.05, 0.1) is 16.2 Å². The predicted molar refractivity (Wildman–Crippen MR) is 123 cm³/mol. The number of amides is 2. The van der Waals surface area contributed by atoms with Crippen LogP contribution in [0.4, 0.5) is 10.5 Å². The number of pyridine rings is 2. The zero-order valence-electron chi connectivity index (χ0n) is 15.7. The lowest BCUT2D eigenvalue weighted by Gasteiger charge is -2.11. The van der Waals surface area contributed by atoms with Crippen LogP contribution in [0.2, 0.25) is 9.36 Å². The van der Waals surface area contributed by atoms with E-state index in [-0.39, 0.29) is 25.9 Å². The smallest absolute Gasteiger partial charge is 0.333 e. The Morgan fingerprint density at radius 1 is 1.09 bits per heavy atom. The first-order valence-electron chi connectivity index (χ1n) is 8.74. The Labute approximate surface area is 194 Å². The molecule has 0 saturated carbocycles. The van der Waals surface area contributed by atoms with Crippen LogP contribution in [-0.4, -0.2) is 29.1 Å². The van der Waals surface area contributed by atoms with Gasteiger partial charge < -0.3 is 10.4 Å². The number of halogens is 2. The fraction of sp³-hybridized carbons (Fsp3) is 0. The van der Waals surface area contributed by atoms with Crippen molar-refractivity contribution in [1.29, 1.82) is 0 Å². The molecule has 0 atom stereocenters. The molecule has 0 fully saturated rings. The maximum absolute atomic E-state index is 12.5.